The molecule has 0 aliphatic carbocycles. The zero-order chi connectivity index (χ0) is 14.1. The highest BCUT2D eigenvalue weighted by Gasteiger charge is 2.27. The third-order valence-corrected chi connectivity index (χ3v) is 3.60. The standard InChI is InChI=1S/C15H15N3O2/c16-14-10-17(9-11-4-2-1-3-5-11)15-7-6-12(18(19)20)8-13(14)15/h1-8,14H,9-10,16H2. The summed E-state index contributed by atoms with van der Waals surface area (Å²) >= 11 is 0. The van der Waals surface area contributed by atoms with Gasteiger partial charge in [0.25, 0.3) is 5.69 Å². The minimum absolute atomic E-state index is 0.0979. The normalized spacial score (nSPS) is 17.1. The van der Waals surface area contributed by atoms with Gasteiger partial charge in [-0.1, -0.05) is 30.3 Å². The van der Waals surface area contributed by atoms with Gasteiger partial charge >= 0.3 is 0 Å². The third-order valence-electron chi connectivity index (χ3n) is 3.60. The second-order valence-electron chi connectivity index (χ2n) is 4.97. The number of fused-ring (bicyclic) bond motifs is 1. The molecule has 0 saturated heterocycles. The maximum absolute atomic E-state index is 10.8. The maximum Gasteiger partial charge on any atom is 0.269 e. The average Bonchev–Trinajstić information content (AvgIpc) is 2.76. The van der Waals surface area contributed by atoms with Crippen LogP contribution in [0.15, 0.2) is 48.5 Å². The summed E-state index contributed by atoms with van der Waals surface area (Å²) in [5.41, 5.74) is 9.24. The Hall–Kier alpha value is -2.40. The van der Waals surface area contributed by atoms with Crippen LogP contribution in [0.5, 0.6) is 0 Å². The molecular weight excluding hydrogens is 254 g/mol. The van der Waals surface area contributed by atoms with Crippen LogP contribution in [0, 0.1) is 10.1 Å². The molecule has 0 radical (unpaired) electrons. The molecule has 1 atom stereocenters. The van der Waals surface area contributed by atoms with Crippen molar-refractivity contribution in [3.8, 4) is 0 Å². The van der Waals surface area contributed by atoms with Crippen LogP contribution in [0.1, 0.15) is 17.2 Å². The number of nitrogens with two attached hydrogens (primary N) is 1. The summed E-state index contributed by atoms with van der Waals surface area (Å²) in [4.78, 5) is 12.6. The van der Waals surface area contributed by atoms with E-state index in [1.165, 1.54) is 11.6 Å². The Morgan fingerprint density at radius 3 is 2.70 bits per heavy atom. The molecule has 102 valence electrons. The van der Waals surface area contributed by atoms with Gasteiger partial charge < -0.3 is 10.6 Å². The molecule has 0 spiro atoms. The van der Waals surface area contributed by atoms with E-state index in [-0.39, 0.29) is 16.7 Å². The van der Waals surface area contributed by atoms with Crippen LogP contribution in [-0.4, -0.2) is 11.5 Å². The fraction of sp³-hybridized carbons (Fsp3) is 0.200. The second-order valence-corrected chi connectivity index (χ2v) is 4.97. The van der Waals surface area contributed by atoms with Crippen LogP contribution >= 0.6 is 0 Å². The fourth-order valence-electron chi connectivity index (χ4n) is 2.63. The number of rotatable bonds is 3. The van der Waals surface area contributed by atoms with Gasteiger partial charge in [-0.2, -0.15) is 0 Å². The van der Waals surface area contributed by atoms with Gasteiger partial charge in [0.05, 0.1) is 4.92 Å². The molecule has 0 amide bonds. The molecule has 0 aromatic heterocycles. The Balaban J connectivity index is 1.90. The van der Waals surface area contributed by atoms with Crippen molar-refractivity contribution in [3.63, 3.8) is 0 Å². The average molecular weight is 269 g/mol. The van der Waals surface area contributed by atoms with E-state index in [2.05, 4.69) is 17.0 Å². The number of nitro benzene ring substituents is 1. The van der Waals surface area contributed by atoms with E-state index in [1.807, 2.05) is 18.2 Å². The number of hydrogen-bond acceptors (Lipinski definition) is 4. The van der Waals surface area contributed by atoms with E-state index in [9.17, 15) is 10.1 Å². The lowest BCUT2D eigenvalue weighted by Crippen LogP contribution is -2.23. The molecule has 0 fully saturated rings. The minimum Gasteiger partial charge on any atom is -0.365 e. The molecule has 1 unspecified atom stereocenters. The summed E-state index contributed by atoms with van der Waals surface area (Å²) in [6, 6.07) is 14.9. The first-order valence-corrected chi connectivity index (χ1v) is 6.48. The van der Waals surface area contributed by atoms with Crippen molar-refractivity contribution in [1.82, 2.24) is 0 Å². The van der Waals surface area contributed by atoms with E-state index in [0.29, 0.717) is 6.54 Å². The lowest BCUT2D eigenvalue weighted by atomic mass is 10.1. The highest BCUT2D eigenvalue weighted by atomic mass is 16.6. The molecule has 3 rings (SSSR count). The van der Waals surface area contributed by atoms with Gasteiger partial charge in [-0.3, -0.25) is 10.1 Å². The van der Waals surface area contributed by atoms with E-state index in [1.54, 1.807) is 12.1 Å². The van der Waals surface area contributed by atoms with Crippen LogP contribution in [0.25, 0.3) is 0 Å². The van der Waals surface area contributed by atoms with Crippen LogP contribution in [-0.2, 0) is 6.54 Å². The lowest BCUT2D eigenvalue weighted by molar-refractivity contribution is -0.384. The number of non-ortho nitro benzene ring substituents is 1. The van der Waals surface area contributed by atoms with Gasteiger partial charge in [0.2, 0.25) is 0 Å². The predicted octanol–water partition coefficient (Wildman–Crippen LogP) is 2.61. The molecule has 1 aliphatic heterocycles. The van der Waals surface area contributed by atoms with Crippen molar-refractivity contribution < 1.29 is 4.92 Å². The van der Waals surface area contributed by atoms with Crippen molar-refractivity contribution in [2.75, 3.05) is 11.4 Å². The van der Waals surface area contributed by atoms with E-state index in [0.717, 1.165) is 17.8 Å². The number of benzene rings is 2. The summed E-state index contributed by atoms with van der Waals surface area (Å²) in [5, 5.41) is 10.8. The highest BCUT2D eigenvalue weighted by molar-refractivity contribution is 5.63. The predicted molar refractivity (Wildman–Crippen MR) is 77.5 cm³/mol. The molecule has 1 heterocycles. The van der Waals surface area contributed by atoms with Gasteiger partial charge in [0, 0.05) is 42.5 Å². The topological polar surface area (TPSA) is 72.4 Å². The summed E-state index contributed by atoms with van der Waals surface area (Å²) in [6.07, 6.45) is 0. The van der Waals surface area contributed by atoms with Gasteiger partial charge in [0.1, 0.15) is 0 Å². The first kappa shape index (κ1) is 12.6. The Bertz CT molecular complexity index is 643. The van der Waals surface area contributed by atoms with Crippen molar-refractivity contribution in [2.45, 2.75) is 12.6 Å². The van der Waals surface area contributed by atoms with Crippen LogP contribution in [0.3, 0.4) is 0 Å². The van der Waals surface area contributed by atoms with Crippen LogP contribution in [0.4, 0.5) is 11.4 Å². The largest absolute Gasteiger partial charge is 0.365 e. The molecule has 2 N–H and O–H groups in total. The van der Waals surface area contributed by atoms with E-state index < -0.39 is 0 Å². The first-order valence-electron chi connectivity index (χ1n) is 6.48. The summed E-state index contributed by atoms with van der Waals surface area (Å²) < 4.78 is 0. The van der Waals surface area contributed by atoms with Gasteiger partial charge in [0.15, 0.2) is 0 Å². The van der Waals surface area contributed by atoms with Crippen molar-refractivity contribution in [2.24, 2.45) is 5.73 Å². The maximum atomic E-state index is 10.8. The van der Waals surface area contributed by atoms with Crippen molar-refractivity contribution >= 4 is 11.4 Å². The highest BCUT2D eigenvalue weighted by Crippen LogP contribution is 2.36. The molecule has 5 nitrogen and oxygen atoms in total. The number of nitrogens with zero attached hydrogens (tertiary/aromatic N) is 2. The van der Waals surface area contributed by atoms with Gasteiger partial charge in [-0.05, 0) is 11.6 Å². The number of hydrogen-bond donors (Lipinski definition) is 1. The minimum atomic E-state index is -0.382. The van der Waals surface area contributed by atoms with Crippen molar-refractivity contribution in [3.05, 3.63) is 69.8 Å². The molecule has 1 aliphatic rings. The molecular formula is C15H15N3O2. The quantitative estimate of drug-likeness (QED) is 0.686. The monoisotopic (exact) mass is 269 g/mol. The zero-order valence-corrected chi connectivity index (χ0v) is 10.9. The molecule has 0 bridgehead atoms. The smallest absolute Gasteiger partial charge is 0.269 e. The Morgan fingerprint density at radius 1 is 1.25 bits per heavy atom. The zero-order valence-electron chi connectivity index (χ0n) is 10.9. The summed E-state index contributed by atoms with van der Waals surface area (Å²) in [6.45, 7) is 1.45. The Morgan fingerprint density at radius 2 is 2.00 bits per heavy atom. The molecule has 0 saturated carbocycles. The van der Waals surface area contributed by atoms with E-state index >= 15 is 0 Å². The fourth-order valence-corrected chi connectivity index (χ4v) is 2.63. The number of nitro groups is 1. The van der Waals surface area contributed by atoms with Crippen LogP contribution < -0.4 is 10.6 Å². The van der Waals surface area contributed by atoms with Gasteiger partial charge in [-0.15, -0.1) is 0 Å². The summed E-state index contributed by atoms with van der Waals surface area (Å²) in [7, 11) is 0. The molecule has 20 heavy (non-hydrogen) atoms. The van der Waals surface area contributed by atoms with Gasteiger partial charge in [-0.25, -0.2) is 0 Å². The Kier molecular flexibility index (Phi) is 3.12. The SMILES string of the molecule is NC1CN(Cc2ccccc2)c2ccc([N+](=O)[O-])cc21. The second kappa shape index (κ2) is 4.94. The molecule has 2 aromatic rings. The first-order chi connectivity index (χ1) is 9.65. The van der Waals surface area contributed by atoms with E-state index in [4.69, 9.17) is 5.73 Å². The molecule has 5 heteroatoms. The Labute approximate surface area is 116 Å². The lowest BCUT2D eigenvalue weighted by Gasteiger charge is -2.19. The van der Waals surface area contributed by atoms with Crippen molar-refractivity contribution in [1.29, 1.82) is 0 Å². The van der Waals surface area contributed by atoms with Crippen LogP contribution in [0.2, 0.25) is 0 Å². The molecule has 2 aromatic carbocycles. The third kappa shape index (κ3) is 2.23. The number of anilines is 1. The summed E-state index contributed by atoms with van der Waals surface area (Å²) in [5.74, 6) is 0.